The van der Waals surface area contributed by atoms with Crippen LogP contribution in [0.5, 0.6) is 11.5 Å². The Hall–Kier alpha value is -5.11. The molecule has 0 radical (unpaired) electrons. The predicted octanol–water partition coefficient (Wildman–Crippen LogP) is 5.67. The number of hydrogen-bond acceptors (Lipinski definition) is 6. The number of carbonyl (C=O) groups is 2. The minimum absolute atomic E-state index is 0.00324. The summed E-state index contributed by atoms with van der Waals surface area (Å²) in [7, 11) is 3.06. The molecule has 1 fully saturated rings. The van der Waals surface area contributed by atoms with Gasteiger partial charge in [0.1, 0.15) is 5.76 Å². The van der Waals surface area contributed by atoms with E-state index in [0.29, 0.717) is 33.7 Å². The maximum Gasteiger partial charge on any atom is 0.302 e. The zero-order valence-corrected chi connectivity index (χ0v) is 21.6. The van der Waals surface area contributed by atoms with Crippen molar-refractivity contribution >= 4 is 45.2 Å². The molecule has 8 nitrogen and oxygen atoms in total. The Kier molecular flexibility index (Phi) is 5.80. The van der Waals surface area contributed by atoms with E-state index in [-0.39, 0.29) is 17.3 Å². The highest BCUT2D eigenvalue weighted by Crippen LogP contribution is 2.43. The second-order valence-electron chi connectivity index (χ2n) is 9.43. The lowest BCUT2D eigenvalue weighted by Crippen LogP contribution is -2.30. The van der Waals surface area contributed by atoms with E-state index in [9.17, 15) is 14.7 Å². The molecule has 4 aromatic carbocycles. The third-order valence-corrected chi connectivity index (χ3v) is 7.03. The van der Waals surface area contributed by atoms with Crippen LogP contribution in [-0.4, -0.2) is 41.0 Å². The number of amides is 1. The summed E-state index contributed by atoms with van der Waals surface area (Å²) in [6.45, 7) is 1.93. The number of H-pyrrole nitrogens is 1. The summed E-state index contributed by atoms with van der Waals surface area (Å²) >= 11 is 0. The molecule has 1 saturated heterocycles. The fourth-order valence-corrected chi connectivity index (χ4v) is 5.14. The highest BCUT2D eigenvalue weighted by Gasteiger charge is 2.48. The molecule has 1 aliphatic heterocycles. The SMILES string of the molecule is COc1cc2nc(N3C(=O)C(=O)/C(=C(/O)c4ccc5ccccc5c4)C3c3cccc(C)c3)[nH]c2cc1OC. The molecular weight excluding hydrogens is 494 g/mol. The molecule has 8 heteroatoms. The molecule has 0 spiro atoms. The fourth-order valence-electron chi connectivity index (χ4n) is 5.14. The zero-order chi connectivity index (χ0) is 27.3. The molecule has 1 amide bonds. The number of aryl methyl sites for hydroxylation is 1. The normalized spacial score (nSPS) is 16.8. The molecule has 0 aliphatic carbocycles. The van der Waals surface area contributed by atoms with Crippen LogP contribution < -0.4 is 14.4 Å². The minimum atomic E-state index is -0.902. The van der Waals surface area contributed by atoms with Crippen molar-refractivity contribution in [2.45, 2.75) is 13.0 Å². The first-order valence-corrected chi connectivity index (χ1v) is 12.4. The van der Waals surface area contributed by atoms with Crippen molar-refractivity contribution in [2.75, 3.05) is 19.1 Å². The van der Waals surface area contributed by atoms with Crippen LogP contribution in [0, 0.1) is 6.92 Å². The maximum absolute atomic E-state index is 13.6. The van der Waals surface area contributed by atoms with E-state index in [0.717, 1.165) is 16.3 Å². The van der Waals surface area contributed by atoms with Crippen molar-refractivity contribution in [1.29, 1.82) is 0 Å². The van der Waals surface area contributed by atoms with Gasteiger partial charge in [0.05, 0.1) is 36.9 Å². The molecule has 2 N–H and O–H groups in total. The quantitative estimate of drug-likeness (QED) is 0.176. The molecule has 0 bridgehead atoms. The molecule has 1 atom stereocenters. The smallest absolute Gasteiger partial charge is 0.302 e. The number of nitrogens with one attached hydrogen (secondary N) is 1. The summed E-state index contributed by atoms with van der Waals surface area (Å²) in [5.41, 5.74) is 3.19. The topological polar surface area (TPSA) is 105 Å². The summed E-state index contributed by atoms with van der Waals surface area (Å²) in [6, 6.07) is 23.2. The van der Waals surface area contributed by atoms with Gasteiger partial charge in [0.2, 0.25) is 5.95 Å². The highest BCUT2D eigenvalue weighted by atomic mass is 16.5. The zero-order valence-electron chi connectivity index (χ0n) is 21.6. The summed E-state index contributed by atoms with van der Waals surface area (Å²) in [5.74, 6) is -0.672. The number of aliphatic hydroxyl groups is 1. The number of rotatable bonds is 5. The average Bonchev–Trinajstić information content (AvgIpc) is 3.48. The van der Waals surface area contributed by atoms with E-state index >= 15 is 0 Å². The molecule has 1 aromatic heterocycles. The monoisotopic (exact) mass is 519 g/mol. The van der Waals surface area contributed by atoms with Crippen LogP contribution in [0.15, 0.2) is 84.4 Å². The number of aliphatic hydroxyl groups excluding tert-OH is 1. The van der Waals surface area contributed by atoms with Gasteiger partial charge in [0.25, 0.3) is 5.78 Å². The number of nitrogens with zero attached hydrogens (tertiary/aromatic N) is 2. The van der Waals surface area contributed by atoms with Gasteiger partial charge in [-0.1, -0.05) is 66.2 Å². The van der Waals surface area contributed by atoms with Gasteiger partial charge in [-0.05, 0) is 29.3 Å². The first-order chi connectivity index (χ1) is 18.9. The summed E-state index contributed by atoms with van der Waals surface area (Å²) in [4.78, 5) is 36.2. The summed E-state index contributed by atoms with van der Waals surface area (Å²) < 4.78 is 10.8. The number of benzene rings is 4. The summed E-state index contributed by atoms with van der Waals surface area (Å²) in [6.07, 6.45) is 0. The maximum atomic E-state index is 13.6. The largest absolute Gasteiger partial charge is 0.507 e. The molecule has 6 rings (SSSR count). The van der Waals surface area contributed by atoms with Gasteiger partial charge in [-0.15, -0.1) is 0 Å². The second kappa shape index (κ2) is 9.33. The standard InChI is InChI=1S/C31H25N3O5/c1-17-7-6-10-20(13-17)27-26(28(35)21-12-11-18-8-4-5-9-19(18)14-21)29(36)30(37)34(27)31-32-22-15-24(38-2)25(39-3)16-23(22)33-31/h4-16,27,35H,1-3H3,(H,32,33)/b28-26+. The molecule has 1 aliphatic rings. The van der Waals surface area contributed by atoms with Crippen molar-refractivity contribution in [2.24, 2.45) is 0 Å². The Bertz CT molecular complexity index is 1780. The van der Waals surface area contributed by atoms with E-state index in [1.807, 2.05) is 67.6 Å². The van der Waals surface area contributed by atoms with Gasteiger partial charge in [-0.2, -0.15) is 0 Å². The van der Waals surface area contributed by atoms with Crippen molar-refractivity contribution in [3.8, 4) is 11.5 Å². The van der Waals surface area contributed by atoms with Crippen LogP contribution in [0.4, 0.5) is 5.95 Å². The van der Waals surface area contributed by atoms with Crippen molar-refractivity contribution in [3.63, 3.8) is 0 Å². The van der Waals surface area contributed by atoms with Gasteiger partial charge in [0, 0.05) is 17.7 Å². The number of hydrogen-bond donors (Lipinski definition) is 2. The van der Waals surface area contributed by atoms with E-state index in [2.05, 4.69) is 9.97 Å². The number of imidazole rings is 1. The Labute approximate surface area is 224 Å². The fraction of sp³-hybridized carbons (Fsp3) is 0.129. The van der Waals surface area contributed by atoms with Crippen molar-refractivity contribution in [1.82, 2.24) is 9.97 Å². The molecule has 0 saturated carbocycles. The predicted molar refractivity (Wildman–Crippen MR) is 149 cm³/mol. The number of Topliss-reactive ketones (excluding diaryl/α,β-unsaturated/α-hetero) is 1. The first-order valence-electron chi connectivity index (χ1n) is 12.4. The first kappa shape index (κ1) is 24.2. The number of fused-ring (bicyclic) bond motifs is 2. The van der Waals surface area contributed by atoms with Crippen LogP contribution in [0.2, 0.25) is 0 Å². The average molecular weight is 520 g/mol. The Morgan fingerprint density at radius 1 is 0.897 bits per heavy atom. The minimum Gasteiger partial charge on any atom is -0.507 e. The second-order valence-corrected chi connectivity index (χ2v) is 9.43. The number of aromatic amines is 1. The molecule has 1 unspecified atom stereocenters. The van der Waals surface area contributed by atoms with Crippen LogP contribution >= 0.6 is 0 Å². The van der Waals surface area contributed by atoms with Crippen molar-refractivity contribution < 1.29 is 24.2 Å². The molecule has 39 heavy (non-hydrogen) atoms. The van der Waals surface area contributed by atoms with E-state index in [4.69, 9.17) is 9.47 Å². The molecule has 2 heterocycles. The van der Waals surface area contributed by atoms with Crippen LogP contribution in [-0.2, 0) is 9.59 Å². The third-order valence-electron chi connectivity index (χ3n) is 7.03. The summed E-state index contributed by atoms with van der Waals surface area (Å²) in [5, 5.41) is 13.4. The number of methoxy groups -OCH3 is 2. The van der Waals surface area contributed by atoms with Gasteiger partial charge >= 0.3 is 5.91 Å². The number of ether oxygens (including phenoxy) is 2. The number of anilines is 1. The van der Waals surface area contributed by atoms with Gasteiger partial charge in [-0.25, -0.2) is 4.98 Å². The number of ketones is 1. The van der Waals surface area contributed by atoms with E-state index < -0.39 is 17.7 Å². The number of aromatic nitrogens is 2. The Morgan fingerprint density at radius 3 is 2.38 bits per heavy atom. The molecule has 5 aromatic rings. The van der Waals surface area contributed by atoms with Crippen LogP contribution in [0.3, 0.4) is 0 Å². The van der Waals surface area contributed by atoms with Crippen LogP contribution in [0.1, 0.15) is 22.7 Å². The van der Waals surface area contributed by atoms with Crippen LogP contribution in [0.25, 0.3) is 27.6 Å². The Morgan fingerprint density at radius 2 is 1.64 bits per heavy atom. The lowest BCUT2D eigenvalue weighted by atomic mass is 9.94. The highest BCUT2D eigenvalue weighted by molar-refractivity contribution is 6.51. The lowest BCUT2D eigenvalue weighted by Gasteiger charge is -2.23. The third kappa shape index (κ3) is 3.97. The lowest BCUT2D eigenvalue weighted by molar-refractivity contribution is -0.132. The van der Waals surface area contributed by atoms with E-state index in [1.54, 1.807) is 18.2 Å². The van der Waals surface area contributed by atoms with Gasteiger partial charge < -0.3 is 19.6 Å². The van der Waals surface area contributed by atoms with E-state index in [1.165, 1.54) is 19.1 Å². The molecule has 194 valence electrons. The van der Waals surface area contributed by atoms with Crippen molar-refractivity contribution in [3.05, 3.63) is 101 Å². The van der Waals surface area contributed by atoms with Gasteiger partial charge in [0.15, 0.2) is 11.5 Å². The van der Waals surface area contributed by atoms with Gasteiger partial charge in [-0.3, -0.25) is 14.5 Å². The molecular formula is C31H25N3O5. The Balaban J connectivity index is 1.56. The number of carbonyl (C=O) groups excluding carboxylic acids is 2.